The van der Waals surface area contributed by atoms with Crippen molar-refractivity contribution >= 4 is 11.8 Å². The van der Waals surface area contributed by atoms with Crippen LogP contribution in [0.25, 0.3) is 0 Å². The second-order valence-electron chi connectivity index (χ2n) is 5.65. The summed E-state index contributed by atoms with van der Waals surface area (Å²) in [5.41, 5.74) is 0.130. The van der Waals surface area contributed by atoms with Crippen molar-refractivity contribution in [3.05, 3.63) is 70.8 Å². The van der Waals surface area contributed by atoms with Crippen LogP contribution in [0.1, 0.15) is 27.0 Å². The molecule has 4 heteroatoms. The zero-order valence-electron chi connectivity index (χ0n) is 12.3. The van der Waals surface area contributed by atoms with Crippen molar-refractivity contribution in [2.45, 2.75) is 18.1 Å². The predicted molar refractivity (Wildman–Crippen MR) is 78.4 cm³/mol. The Labute approximate surface area is 127 Å². The molecule has 1 fully saturated rings. The fourth-order valence-electron chi connectivity index (χ4n) is 3.61. The summed E-state index contributed by atoms with van der Waals surface area (Å²) >= 11 is 0. The lowest BCUT2D eigenvalue weighted by Crippen LogP contribution is -2.31. The summed E-state index contributed by atoms with van der Waals surface area (Å²) in [4.78, 5) is 25.5. The Kier molecular flexibility index (Phi) is 2.43. The minimum Gasteiger partial charge on any atom is -0.467 e. The van der Waals surface area contributed by atoms with Crippen molar-refractivity contribution in [2.24, 2.45) is 0 Å². The molecule has 1 heterocycles. The molecule has 0 aromatic heterocycles. The molecule has 2 atom stereocenters. The van der Waals surface area contributed by atoms with Gasteiger partial charge < -0.3 is 9.47 Å². The van der Waals surface area contributed by atoms with E-state index in [0.29, 0.717) is 11.1 Å². The molecule has 0 radical (unpaired) electrons. The number of Topliss-reactive ketones (excluding diaryl/α,β-unsaturated/α-hetero) is 1. The molecule has 22 heavy (non-hydrogen) atoms. The second-order valence-corrected chi connectivity index (χ2v) is 5.65. The zero-order valence-corrected chi connectivity index (χ0v) is 12.3. The maximum Gasteiger partial charge on any atom is 0.346 e. The Morgan fingerprint density at radius 2 is 1.68 bits per heavy atom. The summed E-state index contributed by atoms with van der Waals surface area (Å²) in [5.74, 6) is -0.711. The van der Waals surface area contributed by atoms with Crippen molar-refractivity contribution in [3.8, 4) is 0 Å². The van der Waals surface area contributed by atoms with Gasteiger partial charge in [0.1, 0.15) is 0 Å². The van der Waals surface area contributed by atoms with Crippen molar-refractivity contribution in [1.29, 1.82) is 0 Å². The molecule has 2 aliphatic rings. The molecule has 0 bridgehead atoms. The smallest absolute Gasteiger partial charge is 0.346 e. The van der Waals surface area contributed by atoms with Gasteiger partial charge in [0.25, 0.3) is 0 Å². The molecular formula is C18H14O4. The summed E-state index contributed by atoms with van der Waals surface area (Å²) in [5, 5.41) is 0. The largest absolute Gasteiger partial charge is 0.467 e. The van der Waals surface area contributed by atoms with Gasteiger partial charge in [0, 0.05) is 11.1 Å². The number of carbonyl (C=O) groups is 2. The summed E-state index contributed by atoms with van der Waals surface area (Å²) in [6.45, 7) is 1.91. The van der Waals surface area contributed by atoms with Crippen molar-refractivity contribution in [2.75, 3.05) is 7.11 Å². The van der Waals surface area contributed by atoms with Crippen LogP contribution in [0, 0.1) is 6.92 Å². The van der Waals surface area contributed by atoms with E-state index in [1.54, 1.807) is 24.3 Å². The predicted octanol–water partition coefficient (Wildman–Crippen LogP) is 2.49. The third kappa shape index (κ3) is 1.23. The summed E-state index contributed by atoms with van der Waals surface area (Å²) in [7, 11) is 1.31. The highest BCUT2D eigenvalue weighted by Gasteiger charge is 2.85. The van der Waals surface area contributed by atoms with Crippen LogP contribution >= 0.6 is 0 Å². The average Bonchev–Trinajstić information content (AvgIpc) is 3.21. The van der Waals surface area contributed by atoms with Crippen LogP contribution in [0.3, 0.4) is 0 Å². The van der Waals surface area contributed by atoms with E-state index in [2.05, 4.69) is 0 Å². The van der Waals surface area contributed by atoms with E-state index >= 15 is 0 Å². The number of esters is 1. The molecule has 110 valence electrons. The number of ether oxygens (including phenoxy) is 2. The first-order valence-electron chi connectivity index (χ1n) is 7.08. The average molecular weight is 294 g/mol. The minimum atomic E-state index is -1.35. The monoisotopic (exact) mass is 294 g/mol. The first-order chi connectivity index (χ1) is 10.6. The maximum absolute atomic E-state index is 13.0. The topological polar surface area (TPSA) is 55.9 Å². The highest BCUT2D eigenvalue weighted by molar-refractivity contribution is 6.17. The molecule has 2 unspecified atom stereocenters. The normalized spacial score (nSPS) is 28.0. The number of aryl methyl sites for hydroxylation is 1. The van der Waals surface area contributed by atoms with Crippen LogP contribution in [0.2, 0.25) is 0 Å². The van der Waals surface area contributed by atoms with E-state index in [1.807, 2.05) is 31.2 Å². The van der Waals surface area contributed by atoms with E-state index in [9.17, 15) is 9.59 Å². The van der Waals surface area contributed by atoms with Crippen LogP contribution in [-0.2, 0) is 25.5 Å². The van der Waals surface area contributed by atoms with Crippen LogP contribution in [0.4, 0.5) is 0 Å². The molecule has 0 amide bonds. The Morgan fingerprint density at radius 1 is 1.05 bits per heavy atom. The molecule has 1 saturated heterocycles. The number of fused-ring (bicyclic) bond motifs is 3. The molecule has 4 nitrogen and oxygen atoms in total. The molecule has 0 N–H and O–H groups in total. The molecular weight excluding hydrogens is 280 g/mol. The number of ketones is 1. The van der Waals surface area contributed by atoms with Gasteiger partial charge >= 0.3 is 5.97 Å². The molecule has 2 aromatic rings. The van der Waals surface area contributed by atoms with E-state index in [0.717, 1.165) is 11.1 Å². The van der Waals surface area contributed by atoms with E-state index < -0.39 is 17.2 Å². The van der Waals surface area contributed by atoms with Crippen molar-refractivity contribution in [3.63, 3.8) is 0 Å². The lowest BCUT2D eigenvalue weighted by molar-refractivity contribution is -0.147. The number of benzene rings is 2. The number of hydrogen-bond donors (Lipinski definition) is 0. The van der Waals surface area contributed by atoms with Crippen LogP contribution < -0.4 is 0 Å². The third-order valence-corrected chi connectivity index (χ3v) is 4.63. The number of epoxide rings is 1. The third-order valence-electron chi connectivity index (χ3n) is 4.63. The molecule has 4 rings (SSSR count). The fourth-order valence-corrected chi connectivity index (χ4v) is 3.61. The first kappa shape index (κ1) is 13.2. The van der Waals surface area contributed by atoms with E-state index in [1.165, 1.54) is 7.11 Å². The molecule has 1 aliphatic heterocycles. The van der Waals surface area contributed by atoms with E-state index in [-0.39, 0.29) is 5.78 Å². The van der Waals surface area contributed by atoms with Crippen LogP contribution in [0.15, 0.2) is 48.5 Å². The van der Waals surface area contributed by atoms with E-state index in [4.69, 9.17) is 9.47 Å². The standard InChI is InChI=1S/C18H14O4/c1-11-7-3-5-9-13(11)17-15(19)12-8-4-6-10-14(12)18(17,22-17)16(20)21-2/h3-10H,1-2H3. The summed E-state index contributed by atoms with van der Waals surface area (Å²) in [6.07, 6.45) is 0. The number of methoxy groups -OCH3 is 1. The van der Waals surface area contributed by atoms with Gasteiger partial charge in [0.15, 0.2) is 0 Å². The Hall–Kier alpha value is -2.46. The number of rotatable bonds is 2. The summed E-state index contributed by atoms with van der Waals surface area (Å²) in [6, 6.07) is 14.6. The van der Waals surface area contributed by atoms with Gasteiger partial charge in [-0.2, -0.15) is 0 Å². The minimum absolute atomic E-state index is 0.178. The van der Waals surface area contributed by atoms with Gasteiger partial charge in [0.2, 0.25) is 17.0 Å². The number of carbonyl (C=O) groups excluding carboxylic acids is 2. The van der Waals surface area contributed by atoms with Gasteiger partial charge in [0.05, 0.1) is 7.11 Å². The second kappa shape index (κ2) is 4.05. The Morgan fingerprint density at radius 3 is 2.36 bits per heavy atom. The van der Waals surface area contributed by atoms with Gasteiger partial charge in [-0.3, -0.25) is 4.79 Å². The highest BCUT2D eigenvalue weighted by atomic mass is 16.7. The summed E-state index contributed by atoms with van der Waals surface area (Å²) < 4.78 is 10.8. The van der Waals surface area contributed by atoms with Gasteiger partial charge in [-0.1, -0.05) is 48.5 Å². The Balaban J connectivity index is 2.02. The van der Waals surface area contributed by atoms with Crippen LogP contribution in [0.5, 0.6) is 0 Å². The molecule has 0 saturated carbocycles. The van der Waals surface area contributed by atoms with Gasteiger partial charge in [-0.15, -0.1) is 0 Å². The van der Waals surface area contributed by atoms with Gasteiger partial charge in [-0.25, -0.2) is 4.79 Å². The van der Waals surface area contributed by atoms with Crippen molar-refractivity contribution in [1.82, 2.24) is 0 Å². The lowest BCUT2D eigenvalue weighted by Gasteiger charge is -2.13. The van der Waals surface area contributed by atoms with Crippen LogP contribution in [-0.4, -0.2) is 18.9 Å². The fraction of sp³-hybridized carbons (Fsp3) is 0.222. The SMILES string of the molecule is COC(=O)C12OC1(c1ccccc1C)C(=O)c1ccccc12. The van der Waals surface area contributed by atoms with Crippen molar-refractivity contribution < 1.29 is 19.1 Å². The zero-order chi connectivity index (χ0) is 15.5. The molecule has 0 spiro atoms. The first-order valence-corrected chi connectivity index (χ1v) is 7.08. The number of hydrogen-bond acceptors (Lipinski definition) is 4. The molecule has 1 aliphatic carbocycles. The quantitative estimate of drug-likeness (QED) is 0.631. The Bertz CT molecular complexity index is 825. The highest BCUT2D eigenvalue weighted by Crippen LogP contribution is 2.69. The van der Waals surface area contributed by atoms with Gasteiger partial charge in [-0.05, 0) is 18.1 Å². The maximum atomic E-state index is 13.0. The molecule has 2 aromatic carbocycles. The lowest BCUT2D eigenvalue weighted by atomic mass is 9.84.